The van der Waals surface area contributed by atoms with E-state index in [1.807, 2.05) is 6.92 Å². The molecule has 0 aromatic heterocycles. The zero-order valence-electron chi connectivity index (χ0n) is 8.56. The fourth-order valence-corrected chi connectivity index (χ4v) is 2.50. The number of hydrogen-bond donors (Lipinski definition) is 0. The van der Waals surface area contributed by atoms with Crippen LogP contribution in [0.5, 0.6) is 0 Å². The number of sulfonamides is 1. The van der Waals surface area contributed by atoms with E-state index in [2.05, 4.69) is 4.90 Å². The van der Waals surface area contributed by atoms with Crippen molar-refractivity contribution in [3.8, 4) is 0 Å². The van der Waals surface area contributed by atoms with Crippen molar-refractivity contribution in [1.82, 2.24) is 9.21 Å². The van der Waals surface area contributed by atoms with Gasteiger partial charge in [-0.1, -0.05) is 19.1 Å². The van der Waals surface area contributed by atoms with Gasteiger partial charge in [0.05, 0.1) is 11.2 Å². The Morgan fingerprint density at radius 1 is 1.29 bits per heavy atom. The maximum atomic E-state index is 11.2. The molecule has 0 saturated carbocycles. The molecule has 1 heterocycles. The maximum Gasteiger partial charge on any atom is 0.211 e. The molecule has 0 unspecified atom stereocenters. The van der Waals surface area contributed by atoms with E-state index in [1.165, 1.54) is 10.6 Å². The van der Waals surface area contributed by atoms with Crippen LogP contribution in [0.15, 0.2) is 0 Å². The predicted octanol–water partition coefficient (Wildman–Crippen LogP) is 0.301. The third kappa shape index (κ3) is 2.90. The Kier molecular flexibility index (Phi) is 3.86. The lowest BCUT2D eigenvalue weighted by Gasteiger charge is -2.34. The van der Waals surface area contributed by atoms with Crippen LogP contribution in [-0.4, -0.2) is 55.0 Å². The lowest BCUT2D eigenvalue weighted by Crippen LogP contribution is -2.49. The van der Waals surface area contributed by atoms with E-state index >= 15 is 0 Å². The minimum absolute atomic E-state index is 0.555. The summed E-state index contributed by atoms with van der Waals surface area (Å²) in [6.07, 6.45) is 2.11. The summed E-state index contributed by atoms with van der Waals surface area (Å²) in [5.41, 5.74) is 0. The van der Waals surface area contributed by atoms with Crippen LogP contribution < -0.4 is 0 Å². The van der Waals surface area contributed by atoms with Crippen molar-refractivity contribution in [2.45, 2.75) is 13.3 Å². The SMILES string of the molecule is CCC(=S)N1CCN(S(C)(=O)=O)CC1. The van der Waals surface area contributed by atoms with Gasteiger partial charge in [-0.05, 0) is 6.42 Å². The molecule has 0 atom stereocenters. The number of piperazine rings is 1. The Morgan fingerprint density at radius 3 is 2.14 bits per heavy atom. The molecule has 0 aromatic rings. The van der Waals surface area contributed by atoms with Gasteiger partial charge in [-0.2, -0.15) is 4.31 Å². The molecule has 4 nitrogen and oxygen atoms in total. The normalized spacial score (nSPS) is 19.7. The van der Waals surface area contributed by atoms with Crippen LogP contribution in [-0.2, 0) is 10.0 Å². The molecule has 0 radical (unpaired) electrons. The van der Waals surface area contributed by atoms with Crippen molar-refractivity contribution < 1.29 is 8.42 Å². The quantitative estimate of drug-likeness (QED) is 0.647. The van der Waals surface area contributed by atoms with Gasteiger partial charge in [0.25, 0.3) is 0 Å². The van der Waals surface area contributed by atoms with Gasteiger partial charge in [-0.25, -0.2) is 8.42 Å². The molecule has 1 aliphatic heterocycles. The van der Waals surface area contributed by atoms with Crippen molar-refractivity contribution in [2.24, 2.45) is 0 Å². The molecule has 1 fully saturated rings. The zero-order chi connectivity index (χ0) is 10.8. The van der Waals surface area contributed by atoms with Gasteiger partial charge in [0.2, 0.25) is 10.0 Å². The fourth-order valence-electron chi connectivity index (χ4n) is 1.49. The number of rotatable bonds is 2. The molecule has 14 heavy (non-hydrogen) atoms. The molecule has 82 valence electrons. The average Bonchev–Trinajstić information content (AvgIpc) is 2.15. The van der Waals surface area contributed by atoms with Crippen molar-refractivity contribution in [3.63, 3.8) is 0 Å². The van der Waals surface area contributed by atoms with Crippen LogP contribution in [0.1, 0.15) is 13.3 Å². The van der Waals surface area contributed by atoms with E-state index in [4.69, 9.17) is 12.2 Å². The summed E-state index contributed by atoms with van der Waals surface area (Å²) in [4.78, 5) is 3.01. The topological polar surface area (TPSA) is 40.6 Å². The van der Waals surface area contributed by atoms with Crippen molar-refractivity contribution in [2.75, 3.05) is 32.4 Å². The third-order valence-corrected chi connectivity index (χ3v) is 4.21. The highest BCUT2D eigenvalue weighted by Gasteiger charge is 2.23. The lowest BCUT2D eigenvalue weighted by atomic mass is 10.3. The summed E-state index contributed by atoms with van der Waals surface area (Å²) in [5, 5.41) is 0. The molecule has 0 amide bonds. The predicted molar refractivity (Wildman–Crippen MR) is 60.9 cm³/mol. The van der Waals surface area contributed by atoms with Crippen LogP contribution in [0.3, 0.4) is 0 Å². The van der Waals surface area contributed by atoms with E-state index < -0.39 is 10.0 Å². The van der Waals surface area contributed by atoms with E-state index in [1.54, 1.807) is 0 Å². The second-order valence-corrected chi connectivity index (χ2v) is 5.85. The summed E-state index contributed by atoms with van der Waals surface area (Å²) in [6.45, 7) is 4.57. The highest BCUT2D eigenvalue weighted by atomic mass is 32.2. The smallest absolute Gasteiger partial charge is 0.211 e. The largest absolute Gasteiger partial charge is 0.364 e. The fraction of sp³-hybridized carbons (Fsp3) is 0.875. The molecule has 6 heteroatoms. The van der Waals surface area contributed by atoms with Gasteiger partial charge in [-0.3, -0.25) is 0 Å². The summed E-state index contributed by atoms with van der Waals surface area (Å²) in [6, 6.07) is 0. The van der Waals surface area contributed by atoms with Gasteiger partial charge in [-0.15, -0.1) is 0 Å². The molecule has 1 rings (SSSR count). The van der Waals surface area contributed by atoms with E-state index in [9.17, 15) is 8.42 Å². The molecular weight excluding hydrogens is 220 g/mol. The van der Waals surface area contributed by atoms with Gasteiger partial charge < -0.3 is 4.90 Å². The van der Waals surface area contributed by atoms with Crippen molar-refractivity contribution in [1.29, 1.82) is 0 Å². The minimum Gasteiger partial charge on any atom is -0.364 e. The number of nitrogens with zero attached hydrogens (tertiary/aromatic N) is 2. The Hall–Kier alpha value is -0.200. The average molecular weight is 236 g/mol. The first-order valence-corrected chi connectivity index (χ1v) is 6.93. The first-order valence-electron chi connectivity index (χ1n) is 4.68. The summed E-state index contributed by atoms with van der Waals surface area (Å²) in [7, 11) is -3.02. The standard InChI is InChI=1S/C8H16N2O2S2/c1-3-8(13)9-4-6-10(7-5-9)14(2,11)12/h3-7H2,1-2H3. The molecule has 0 bridgehead atoms. The maximum absolute atomic E-state index is 11.2. The van der Waals surface area contributed by atoms with Crippen LogP contribution >= 0.6 is 12.2 Å². The third-order valence-electron chi connectivity index (χ3n) is 2.36. The molecule has 0 spiro atoms. The molecular formula is C8H16N2O2S2. The summed E-state index contributed by atoms with van der Waals surface area (Å²) >= 11 is 5.17. The van der Waals surface area contributed by atoms with Gasteiger partial charge in [0.1, 0.15) is 0 Å². The van der Waals surface area contributed by atoms with Gasteiger partial charge >= 0.3 is 0 Å². The van der Waals surface area contributed by atoms with Crippen molar-refractivity contribution in [3.05, 3.63) is 0 Å². The number of thiocarbonyl (C=S) groups is 1. The van der Waals surface area contributed by atoms with E-state index in [0.717, 1.165) is 24.5 Å². The monoisotopic (exact) mass is 236 g/mol. The molecule has 0 N–H and O–H groups in total. The first-order chi connectivity index (χ1) is 6.45. The Bertz CT molecular complexity index is 305. The summed E-state index contributed by atoms with van der Waals surface area (Å²) in [5.74, 6) is 0. The molecule has 0 aliphatic carbocycles. The molecule has 0 aromatic carbocycles. The molecule has 1 aliphatic rings. The van der Waals surface area contributed by atoms with Crippen LogP contribution in [0.4, 0.5) is 0 Å². The second-order valence-electron chi connectivity index (χ2n) is 3.40. The summed E-state index contributed by atoms with van der Waals surface area (Å²) < 4.78 is 23.9. The highest BCUT2D eigenvalue weighted by Crippen LogP contribution is 2.07. The molecule has 1 saturated heterocycles. The van der Waals surface area contributed by atoms with Crippen LogP contribution in [0.25, 0.3) is 0 Å². The first kappa shape index (κ1) is 11.9. The van der Waals surface area contributed by atoms with Gasteiger partial charge in [0, 0.05) is 26.2 Å². The highest BCUT2D eigenvalue weighted by molar-refractivity contribution is 7.88. The second kappa shape index (κ2) is 4.55. The Morgan fingerprint density at radius 2 is 1.79 bits per heavy atom. The van der Waals surface area contributed by atoms with Crippen LogP contribution in [0.2, 0.25) is 0 Å². The minimum atomic E-state index is -3.02. The Labute approximate surface area is 90.9 Å². The van der Waals surface area contributed by atoms with Gasteiger partial charge in [0.15, 0.2) is 0 Å². The Balaban J connectivity index is 2.51. The van der Waals surface area contributed by atoms with E-state index in [0.29, 0.717) is 13.1 Å². The number of hydrogen-bond acceptors (Lipinski definition) is 3. The van der Waals surface area contributed by atoms with E-state index in [-0.39, 0.29) is 0 Å². The van der Waals surface area contributed by atoms with Crippen molar-refractivity contribution >= 4 is 27.2 Å². The zero-order valence-corrected chi connectivity index (χ0v) is 10.2. The lowest BCUT2D eigenvalue weighted by molar-refractivity contribution is 0.267. The van der Waals surface area contributed by atoms with Crippen LogP contribution in [0, 0.1) is 0 Å².